The molecule has 2 aromatic carbocycles. The van der Waals surface area contributed by atoms with Gasteiger partial charge in [0, 0.05) is 10.0 Å². The standard InChI is InChI=1S/C18H17BrS/c1-13-5-4-6-14(9-13)15(11-19)10-16-12-20-18-8-3-2-7-17(16)18/h2-9,12,15H,10-11H2,1H3. The molecule has 1 atom stereocenters. The van der Waals surface area contributed by atoms with Crippen LogP contribution in [0, 0.1) is 6.92 Å². The van der Waals surface area contributed by atoms with Gasteiger partial charge in [-0.3, -0.25) is 0 Å². The smallest absolute Gasteiger partial charge is 0.0345 e. The molecule has 1 aromatic heterocycles. The van der Waals surface area contributed by atoms with E-state index in [1.165, 1.54) is 26.8 Å². The van der Waals surface area contributed by atoms with Crippen LogP contribution in [0.15, 0.2) is 53.9 Å². The molecule has 20 heavy (non-hydrogen) atoms. The van der Waals surface area contributed by atoms with Gasteiger partial charge in [0.2, 0.25) is 0 Å². The Hall–Kier alpha value is -1.12. The molecule has 0 aliphatic carbocycles. The monoisotopic (exact) mass is 344 g/mol. The summed E-state index contributed by atoms with van der Waals surface area (Å²) in [7, 11) is 0. The first-order valence-electron chi connectivity index (χ1n) is 6.85. The quantitative estimate of drug-likeness (QED) is 0.514. The summed E-state index contributed by atoms with van der Waals surface area (Å²) < 4.78 is 1.39. The predicted octanol–water partition coefficient (Wildman–Crippen LogP) is 5.93. The molecule has 0 aliphatic heterocycles. The SMILES string of the molecule is Cc1cccc(C(CBr)Cc2csc3ccccc23)c1. The fourth-order valence-electron chi connectivity index (χ4n) is 2.64. The fourth-order valence-corrected chi connectivity index (χ4v) is 4.22. The summed E-state index contributed by atoms with van der Waals surface area (Å²) in [5.41, 5.74) is 4.23. The molecule has 0 radical (unpaired) electrons. The van der Waals surface area contributed by atoms with Crippen LogP contribution < -0.4 is 0 Å². The summed E-state index contributed by atoms with van der Waals surface area (Å²) in [5.74, 6) is 0.535. The van der Waals surface area contributed by atoms with Crippen molar-refractivity contribution in [1.82, 2.24) is 0 Å². The molecule has 0 bridgehead atoms. The number of hydrogen-bond acceptors (Lipinski definition) is 1. The van der Waals surface area contributed by atoms with Crippen LogP contribution >= 0.6 is 27.3 Å². The van der Waals surface area contributed by atoms with Gasteiger partial charge < -0.3 is 0 Å². The summed E-state index contributed by atoms with van der Waals surface area (Å²) in [6.07, 6.45) is 1.10. The highest BCUT2D eigenvalue weighted by molar-refractivity contribution is 9.09. The van der Waals surface area contributed by atoms with Crippen molar-refractivity contribution in [2.24, 2.45) is 0 Å². The average Bonchev–Trinajstić information content (AvgIpc) is 2.88. The second-order valence-electron chi connectivity index (χ2n) is 5.23. The lowest BCUT2D eigenvalue weighted by atomic mass is 9.92. The van der Waals surface area contributed by atoms with Gasteiger partial charge in [0.15, 0.2) is 0 Å². The van der Waals surface area contributed by atoms with Crippen molar-refractivity contribution in [2.45, 2.75) is 19.3 Å². The van der Waals surface area contributed by atoms with Crippen molar-refractivity contribution >= 4 is 37.4 Å². The fraction of sp³-hybridized carbons (Fsp3) is 0.222. The Bertz CT molecular complexity index is 714. The molecule has 1 heterocycles. The Balaban J connectivity index is 1.92. The van der Waals surface area contributed by atoms with Gasteiger partial charge in [0.25, 0.3) is 0 Å². The van der Waals surface area contributed by atoms with Gasteiger partial charge in [-0.2, -0.15) is 0 Å². The molecule has 3 aromatic rings. The number of aryl methyl sites for hydroxylation is 1. The zero-order valence-electron chi connectivity index (χ0n) is 11.5. The van der Waals surface area contributed by atoms with E-state index in [4.69, 9.17) is 0 Å². The molecule has 0 spiro atoms. The molecule has 0 nitrogen and oxygen atoms in total. The number of hydrogen-bond donors (Lipinski definition) is 0. The van der Waals surface area contributed by atoms with E-state index in [0.717, 1.165) is 11.8 Å². The Kier molecular flexibility index (Phi) is 4.23. The normalized spacial score (nSPS) is 12.7. The molecule has 0 saturated heterocycles. The lowest BCUT2D eigenvalue weighted by molar-refractivity contribution is 0.780. The zero-order chi connectivity index (χ0) is 13.9. The average molecular weight is 345 g/mol. The number of rotatable bonds is 4. The highest BCUT2D eigenvalue weighted by Gasteiger charge is 2.14. The molecular formula is C18H17BrS. The molecule has 102 valence electrons. The maximum atomic E-state index is 3.69. The van der Waals surface area contributed by atoms with Crippen LogP contribution in [0.3, 0.4) is 0 Å². The highest BCUT2D eigenvalue weighted by atomic mass is 79.9. The van der Waals surface area contributed by atoms with Gasteiger partial charge in [0.1, 0.15) is 0 Å². The van der Waals surface area contributed by atoms with E-state index >= 15 is 0 Å². The molecular weight excluding hydrogens is 328 g/mol. The number of alkyl halides is 1. The van der Waals surface area contributed by atoms with Gasteiger partial charge in [-0.15, -0.1) is 11.3 Å². The van der Waals surface area contributed by atoms with Gasteiger partial charge in [-0.05, 0) is 47.2 Å². The van der Waals surface area contributed by atoms with E-state index in [1.807, 2.05) is 11.3 Å². The summed E-state index contributed by atoms with van der Waals surface area (Å²) >= 11 is 5.54. The van der Waals surface area contributed by atoms with Crippen LogP contribution in [-0.4, -0.2) is 5.33 Å². The summed E-state index contributed by atoms with van der Waals surface area (Å²) in [6, 6.07) is 17.6. The van der Waals surface area contributed by atoms with E-state index in [2.05, 4.69) is 76.8 Å². The second-order valence-corrected chi connectivity index (χ2v) is 6.79. The van der Waals surface area contributed by atoms with Gasteiger partial charge in [0.05, 0.1) is 0 Å². The molecule has 2 heteroatoms. The number of fused-ring (bicyclic) bond motifs is 1. The third kappa shape index (κ3) is 2.82. The van der Waals surface area contributed by atoms with Gasteiger partial charge >= 0.3 is 0 Å². The van der Waals surface area contributed by atoms with Gasteiger partial charge in [-0.1, -0.05) is 64.0 Å². The summed E-state index contributed by atoms with van der Waals surface area (Å²) in [5, 5.41) is 4.73. The van der Waals surface area contributed by atoms with Crippen LogP contribution in [0.1, 0.15) is 22.6 Å². The lowest BCUT2D eigenvalue weighted by Gasteiger charge is -2.15. The molecule has 0 N–H and O–H groups in total. The van der Waals surface area contributed by atoms with Crippen LogP contribution in [0.25, 0.3) is 10.1 Å². The molecule has 0 saturated carbocycles. The summed E-state index contributed by atoms with van der Waals surface area (Å²) in [4.78, 5) is 0. The topological polar surface area (TPSA) is 0 Å². The Morgan fingerprint density at radius 3 is 2.75 bits per heavy atom. The van der Waals surface area contributed by atoms with Crippen molar-refractivity contribution in [2.75, 3.05) is 5.33 Å². The van der Waals surface area contributed by atoms with Crippen LogP contribution in [0.2, 0.25) is 0 Å². The molecule has 3 rings (SSSR count). The van der Waals surface area contributed by atoms with Crippen LogP contribution in [0.5, 0.6) is 0 Å². The largest absolute Gasteiger partial charge is 0.144 e. The molecule has 0 aliphatic rings. The Morgan fingerprint density at radius 2 is 1.95 bits per heavy atom. The van der Waals surface area contributed by atoms with Crippen molar-refractivity contribution in [3.63, 3.8) is 0 Å². The highest BCUT2D eigenvalue weighted by Crippen LogP contribution is 2.31. The van der Waals surface area contributed by atoms with Crippen LogP contribution in [-0.2, 0) is 6.42 Å². The minimum atomic E-state index is 0.535. The molecule has 0 fully saturated rings. The third-order valence-electron chi connectivity index (χ3n) is 3.73. The van der Waals surface area contributed by atoms with Crippen LogP contribution in [0.4, 0.5) is 0 Å². The third-order valence-corrected chi connectivity index (χ3v) is 5.52. The molecule has 1 unspecified atom stereocenters. The van der Waals surface area contributed by atoms with E-state index in [-0.39, 0.29) is 0 Å². The van der Waals surface area contributed by atoms with Crippen molar-refractivity contribution in [3.05, 3.63) is 70.6 Å². The van der Waals surface area contributed by atoms with Crippen molar-refractivity contribution in [1.29, 1.82) is 0 Å². The van der Waals surface area contributed by atoms with Gasteiger partial charge in [-0.25, -0.2) is 0 Å². The van der Waals surface area contributed by atoms with E-state index in [1.54, 1.807) is 0 Å². The Labute approximate surface area is 132 Å². The second kappa shape index (κ2) is 6.11. The first kappa shape index (κ1) is 13.8. The van der Waals surface area contributed by atoms with Crippen molar-refractivity contribution < 1.29 is 0 Å². The maximum Gasteiger partial charge on any atom is 0.0345 e. The van der Waals surface area contributed by atoms with Crippen molar-refractivity contribution in [3.8, 4) is 0 Å². The van der Waals surface area contributed by atoms with E-state index in [0.29, 0.717) is 5.92 Å². The first-order valence-corrected chi connectivity index (χ1v) is 8.85. The predicted molar refractivity (Wildman–Crippen MR) is 93.2 cm³/mol. The van der Waals surface area contributed by atoms with E-state index in [9.17, 15) is 0 Å². The number of thiophene rings is 1. The lowest BCUT2D eigenvalue weighted by Crippen LogP contribution is -2.04. The maximum absolute atomic E-state index is 3.69. The first-order chi connectivity index (χ1) is 9.78. The van der Waals surface area contributed by atoms with E-state index < -0.39 is 0 Å². The summed E-state index contributed by atoms with van der Waals surface area (Å²) in [6.45, 7) is 2.16. The Morgan fingerprint density at radius 1 is 1.10 bits per heavy atom. The zero-order valence-corrected chi connectivity index (χ0v) is 13.9. The number of halogens is 1. The minimum absolute atomic E-state index is 0.535. The minimum Gasteiger partial charge on any atom is -0.144 e. The molecule has 0 amide bonds. The number of benzene rings is 2.